The fraction of sp³-hybridized carbons (Fsp3) is 0.457. The molecule has 3 aromatic rings. The van der Waals surface area contributed by atoms with Crippen LogP contribution < -0.4 is 43.0 Å². The standard InChI is InChI=1S/C46H62N8O9/c1-6-27(4)38-45(62)51-36(24-30-15-11-8-12-16-30)43(60)54-39(28(5)55)46(63)50-35(25-31-17-19-32(56)20-18-31)41(58)48-22-21-34(42(59)53-38)49-44(61)37(26(2)3)52-40(57)33(47)23-29-13-9-7-10-14-29/h7-20,26-28,33-39,55-56H,6,21-25,47H2,1-5H3,(H,48,58)(H,49,61)(H,50,63)(H,51,62)(H,52,57)(H,53,59)(H,54,60)/t27-,28+,33-,34?,35?,36?,37-,38-,39-/m0/s1. The van der Waals surface area contributed by atoms with Crippen molar-refractivity contribution in [2.75, 3.05) is 6.54 Å². The Morgan fingerprint density at radius 2 is 1.21 bits per heavy atom. The van der Waals surface area contributed by atoms with Crippen LogP contribution in [0.25, 0.3) is 0 Å². The summed E-state index contributed by atoms with van der Waals surface area (Å²) in [6, 6.07) is 15.0. The number of rotatable bonds is 14. The Morgan fingerprint density at radius 3 is 1.76 bits per heavy atom. The number of aliphatic hydroxyl groups excluding tert-OH is 1. The van der Waals surface area contributed by atoms with Crippen molar-refractivity contribution in [3.05, 3.63) is 102 Å². The number of phenols is 1. The maximum absolute atomic E-state index is 14.3. The van der Waals surface area contributed by atoms with Crippen molar-refractivity contribution in [3.63, 3.8) is 0 Å². The zero-order valence-electron chi connectivity index (χ0n) is 36.4. The Bertz CT molecular complexity index is 2020. The van der Waals surface area contributed by atoms with Crippen LogP contribution in [0.3, 0.4) is 0 Å². The van der Waals surface area contributed by atoms with Crippen LogP contribution in [0.2, 0.25) is 0 Å². The molecule has 1 heterocycles. The molecular formula is C46H62N8O9. The molecule has 17 nitrogen and oxygen atoms in total. The molecule has 17 heteroatoms. The highest BCUT2D eigenvalue weighted by molar-refractivity contribution is 5.98. The zero-order valence-corrected chi connectivity index (χ0v) is 36.4. The maximum atomic E-state index is 14.3. The van der Waals surface area contributed by atoms with Gasteiger partial charge in [0.15, 0.2) is 0 Å². The number of phenolic OH excluding ortho intramolecular Hbond substituents is 1. The average molecular weight is 871 g/mol. The number of hydrogen-bond donors (Lipinski definition) is 10. The molecule has 0 spiro atoms. The molecule has 0 bridgehead atoms. The van der Waals surface area contributed by atoms with Crippen LogP contribution in [0.4, 0.5) is 0 Å². The summed E-state index contributed by atoms with van der Waals surface area (Å²) < 4.78 is 0. The molecule has 340 valence electrons. The van der Waals surface area contributed by atoms with Gasteiger partial charge < -0.3 is 53.2 Å². The SMILES string of the molecule is CC[C@H](C)[C@@H]1NC(=O)C(NC(=O)[C@@H](NC(=O)[C@@H](N)Cc2ccccc2)C(C)C)CCNC(=O)C(Cc2ccc(O)cc2)NC(=O)[C@H]([C@@H](C)O)NC(=O)C(Cc2ccccc2)NC1=O. The van der Waals surface area contributed by atoms with Gasteiger partial charge in [-0.2, -0.15) is 0 Å². The van der Waals surface area contributed by atoms with Crippen molar-refractivity contribution in [3.8, 4) is 5.75 Å². The minimum atomic E-state index is -1.56. The quantitative estimate of drug-likeness (QED) is 0.106. The minimum Gasteiger partial charge on any atom is -0.508 e. The second-order valence-electron chi connectivity index (χ2n) is 16.4. The summed E-state index contributed by atoms with van der Waals surface area (Å²) in [5.41, 5.74) is 8.27. The first kappa shape index (κ1) is 49.3. The third kappa shape index (κ3) is 14.9. The molecule has 3 unspecified atom stereocenters. The summed E-state index contributed by atoms with van der Waals surface area (Å²) in [5.74, 6) is -6.17. The molecule has 7 amide bonds. The molecule has 0 radical (unpaired) electrons. The van der Waals surface area contributed by atoms with E-state index in [4.69, 9.17) is 5.73 Å². The van der Waals surface area contributed by atoms with Gasteiger partial charge in [-0.25, -0.2) is 0 Å². The van der Waals surface area contributed by atoms with E-state index in [0.717, 1.165) is 5.56 Å². The minimum absolute atomic E-state index is 0.0218. The van der Waals surface area contributed by atoms with Crippen LogP contribution in [0.5, 0.6) is 5.75 Å². The molecule has 1 aliphatic heterocycles. The number of nitrogens with one attached hydrogen (secondary N) is 7. The van der Waals surface area contributed by atoms with Gasteiger partial charge in [-0.15, -0.1) is 0 Å². The van der Waals surface area contributed by atoms with Gasteiger partial charge >= 0.3 is 0 Å². The summed E-state index contributed by atoms with van der Waals surface area (Å²) in [6.45, 7) is 8.06. The number of nitrogens with two attached hydrogens (primary N) is 1. The molecule has 3 aromatic carbocycles. The lowest BCUT2D eigenvalue weighted by molar-refractivity contribution is -0.137. The number of amides is 7. The number of benzene rings is 3. The topological polar surface area (TPSA) is 270 Å². The first-order valence-electron chi connectivity index (χ1n) is 21.4. The number of hydrogen-bond acceptors (Lipinski definition) is 10. The summed E-state index contributed by atoms with van der Waals surface area (Å²) in [5, 5.41) is 39.5. The molecule has 63 heavy (non-hydrogen) atoms. The smallest absolute Gasteiger partial charge is 0.245 e. The molecular weight excluding hydrogens is 809 g/mol. The Morgan fingerprint density at radius 1 is 0.683 bits per heavy atom. The number of aliphatic hydroxyl groups is 1. The third-order valence-corrected chi connectivity index (χ3v) is 11.0. The van der Waals surface area contributed by atoms with Crippen molar-refractivity contribution < 1.29 is 43.8 Å². The van der Waals surface area contributed by atoms with Crippen molar-refractivity contribution >= 4 is 41.4 Å². The summed E-state index contributed by atoms with van der Waals surface area (Å²) >= 11 is 0. The van der Waals surface area contributed by atoms with E-state index in [-0.39, 0.29) is 38.0 Å². The molecule has 9 atom stereocenters. The lowest BCUT2D eigenvalue weighted by Gasteiger charge is -2.30. The van der Waals surface area contributed by atoms with E-state index >= 15 is 0 Å². The van der Waals surface area contributed by atoms with Crippen LogP contribution in [-0.4, -0.2) is 107 Å². The summed E-state index contributed by atoms with van der Waals surface area (Å²) in [4.78, 5) is 97.6. The lowest BCUT2D eigenvalue weighted by Crippen LogP contribution is -2.62. The second-order valence-corrected chi connectivity index (χ2v) is 16.4. The van der Waals surface area contributed by atoms with Crippen molar-refractivity contribution in [1.82, 2.24) is 37.2 Å². The third-order valence-electron chi connectivity index (χ3n) is 11.0. The van der Waals surface area contributed by atoms with Gasteiger partial charge in [-0.1, -0.05) is 107 Å². The number of carbonyl (C=O) groups is 7. The highest BCUT2D eigenvalue weighted by Crippen LogP contribution is 2.15. The fourth-order valence-corrected chi connectivity index (χ4v) is 7.02. The normalized spacial score (nSPS) is 22.4. The van der Waals surface area contributed by atoms with Crippen LogP contribution >= 0.6 is 0 Å². The van der Waals surface area contributed by atoms with Crippen LogP contribution in [0.1, 0.15) is 64.2 Å². The van der Waals surface area contributed by atoms with Gasteiger partial charge in [-0.3, -0.25) is 33.6 Å². The van der Waals surface area contributed by atoms with Gasteiger partial charge in [0, 0.05) is 19.4 Å². The second kappa shape index (κ2) is 23.8. The molecule has 1 saturated heterocycles. The van der Waals surface area contributed by atoms with Gasteiger partial charge in [0.05, 0.1) is 12.1 Å². The predicted molar refractivity (Wildman–Crippen MR) is 235 cm³/mol. The molecule has 0 aliphatic carbocycles. The highest BCUT2D eigenvalue weighted by atomic mass is 16.3. The molecule has 4 rings (SSSR count). The predicted octanol–water partition coefficient (Wildman–Crippen LogP) is 0.259. The monoisotopic (exact) mass is 870 g/mol. The first-order chi connectivity index (χ1) is 30.0. The van der Waals surface area contributed by atoms with Gasteiger partial charge in [-0.05, 0) is 60.4 Å². The zero-order chi connectivity index (χ0) is 46.2. The molecule has 11 N–H and O–H groups in total. The Balaban J connectivity index is 1.70. The van der Waals surface area contributed by atoms with E-state index in [0.29, 0.717) is 17.5 Å². The molecule has 0 aromatic heterocycles. The Kier molecular flexibility index (Phi) is 18.6. The van der Waals surface area contributed by atoms with E-state index in [1.165, 1.54) is 19.1 Å². The van der Waals surface area contributed by atoms with Crippen LogP contribution in [0.15, 0.2) is 84.9 Å². The Labute approximate surface area is 368 Å². The number of carbonyl (C=O) groups excluding carboxylic acids is 7. The molecule has 0 saturated carbocycles. The van der Waals surface area contributed by atoms with E-state index < -0.39 is 102 Å². The van der Waals surface area contributed by atoms with E-state index in [2.05, 4.69) is 37.2 Å². The van der Waals surface area contributed by atoms with Gasteiger partial charge in [0.25, 0.3) is 0 Å². The lowest BCUT2D eigenvalue weighted by atomic mass is 9.96. The van der Waals surface area contributed by atoms with E-state index in [1.807, 2.05) is 37.3 Å². The highest BCUT2D eigenvalue weighted by Gasteiger charge is 2.37. The summed E-state index contributed by atoms with van der Waals surface area (Å²) in [7, 11) is 0. The first-order valence-corrected chi connectivity index (χ1v) is 21.4. The van der Waals surface area contributed by atoms with Crippen molar-refractivity contribution in [1.29, 1.82) is 0 Å². The molecule has 1 fully saturated rings. The van der Waals surface area contributed by atoms with Crippen molar-refractivity contribution in [2.45, 2.75) is 115 Å². The van der Waals surface area contributed by atoms with Gasteiger partial charge in [0.2, 0.25) is 41.4 Å². The van der Waals surface area contributed by atoms with Crippen molar-refractivity contribution in [2.24, 2.45) is 17.6 Å². The summed E-state index contributed by atoms with van der Waals surface area (Å²) in [6.07, 6.45) is -1.13. The number of aromatic hydroxyl groups is 1. The fourth-order valence-electron chi connectivity index (χ4n) is 7.02. The average Bonchev–Trinajstić information content (AvgIpc) is 3.25. The maximum Gasteiger partial charge on any atom is 0.245 e. The largest absolute Gasteiger partial charge is 0.508 e. The molecule has 1 aliphatic rings. The van der Waals surface area contributed by atoms with Gasteiger partial charge in [0.1, 0.15) is 42.0 Å². The van der Waals surface area contributed by atoms with Crippen LogP contribution in [0, 0.1) is 11.8 Å². The van der Waals surface area contributed by atoms with Crippen LogP contribution in [-0.2, 0) is 52.8 Å². The Hall–Kier alpha value is -6.33. The van der Waals surface area contributed by atoms with E-state index in [1.54, 1.807) is 63.2 Å². The van der Waals surface area contributed by atoms with E-state index in [9.17, 15) is 43.8 Å².